The van der Waals surface area contributed by atoms with Gasteiger partial charge in [-0.05, 0) is 58.3 Å². The molecule has 0 radical (unpaired) electrons. The van der Waals surface area contributed by atoms with Gasteiger partial charge in [0.15, 0.2) is 6.10 Å². The molecule has 0 rings (SSSR count). The molecule has 0 spiro atoms. The first-order chi connectivity index (χ1) is 28.1. The minimum absolute atomic E-state index is 0.0620. The van der Waals surface area contributed by atoms with E-state index in [0.717, 1.165) is 57.8 Å². The fourth-order valence-electron chi connectivity index (χ4n) is 5.61. The molecule has 0 amide bonds. The Balaban J connectivity index is 4.49. The monoisotopic (exact) mass is 834 g/mol. The molecule has 3 unspecified atom stereocenters. The number of phosphoric acid groups is 1. The third-order valence-electron chi connectivity index (χ3n) is 9.19. The van der Waals surface area contributed by atoms with E-state index in [9.17, 15) is 23.8 Å². The van der Waals surface area contributed by atoms with Crippen LogP contribution in [0.15, 0.2) is 72.9 Å². The Morgan fingerprint density at radius 1 is 0.552 bits per heavy atom. The number of Topliss-reactive ketones (excluding diaryl/α,β-unsaturated/α-hetero) is 1. The molecule has 0 aromatic carbocycles. The molecule has 0 saturated heterocycles. The van der Waals surface area contributed by atoms with Crippen LogP contribution in [0, 0.1) is 0 Å². The summed E-state index contributed by atoms with van der Waals surface area (Å²) in [6.07, 6.45) is 48.8. The molecule has 0 saturated carbocycles. The number of hydrogen-bond acceptors (Lipinski definition) is 9. The van der Waals surface area contributed by atoms with E-state index < -0.39 is 50.9 Å². The Labute approximate surface area is 352 Å². The van der Waals surface area contributed by atoms with Crippen LogP contribution in [0.2, 0.25) is 0 Å². The maximum atomic E-state index is 12.6. The topological polar surface area (TPSA) is 151 Å². The number of hydrogen-bond donors (Lipinski definition) is 2. The Bertz CT molecular complexity index is 1260. The lowest BCUT2D eigenvalue weighted by atomic mass is 10.0. The first-order valence-corrected chi connectivity index (χ1v) is 23.7. The Morgan fingerprint density at radius 3 is 1.41 bits per heavy atom. The van der Waals surface area contributed by atoms with Gasteiger partial charge in [-0.1, -0.05) is 177 Å². The molecule has 10 nitrogen and oxygen atoms in total. The van der Waals surface area contributed by atoms with Crippen LogP contribution in [0.25, 0.3) is 0 Å². The molecule has 0 bridgehead atoms. The molecule has 3 atom stereocenters. The predicted molar refractivity (Wildman–Crippen MR) is 238 cm³/mol. The fraction of sp³-hybridized carbons (Fsp3) is 0.681. The largest absolute Gasteiger partial charge is 0.472 e. The van der Waals surface area contributed by atoms with Crippen LogP contribution in [-0.4, -0.2) is 54.6 Å². The van der Waals surface area contributed by atoms with Crippen molar-refractivity contribution in [2.24, 2.45) is 5.73 Å². The smallest absolute Gasteiger partial charge is 0.462 e. The van der Waals surface area contributed by atoms with E-state index >= 15 is 0 Å². The number of nitrogens with two attached hydrogens (primary N) is 1. The van der Waals surface area contributed by atoms with Crippen molar-refractivity contribution >= 4 is 25.5 Å². The zero-order valence-corrected chi connectivity index (χ0v) is 37.3. The van der Waals surface area contributed by atoms with E-state index in [1.807, 2.05) is 12.2 Å². The summed E-state index contributed by atoms with van der Waals surface area (Å²) in [5.74, 6) is -1.43. The van der Waals surface area contributed by atoms with Crippen molar-refractivity contribution in [3.05, 3.63) is 72.9 Å². The van der Waals surface area contributed by atoms with Gasteiger partial charge in [0.05, 0.1) is 19.3 Å². The third kappa shape index (κ3) is 39.9. The Hall–Kier alpha value is -2.88. The van der Waals surface area contributed by atoms with Gasteiger partial charge in [0.25, 0.3) is 0 Å². The van der Waals surface area contributed by atoms with Crippen molar-refractivity contribution in [1.29, 1.82) is 0 Å². The molecule has 3 N–H and O–H groups in total. The number of ether oxygens (including phenoxy) is 2. The fourth-order valence-corrected chi connectivity index (χ4v) is 6.39. The number of rotatable bonds is 40. The second kappa shape index (κ2) is 40.9. The van der Waals surface area contributed by atoms with Crippen molar-refractivity contribution in [1.82, 2.24) is 0 Å². The summed E-state index contributed by atoms with van der Waals surface area (Å²) >= 11 is 0. The predicted octanol–water partition coefficient (Wildman–Crippen LogP) is 12.2. The molecule has 0 aliphatic heterocycles. The zero-order chi connectivity index (χ0) is 42.8. The van der Waals surface area contributed by atoms with Gasteiger partial charge in [0.2, 0.25) is 0 Å². The standard InChI is InChI=1S/C47H80NO9P/c1-4-6-8-10-12-14-16-18-20-21-22-23-25-27-29-31-33-35-37-39-47(51)57-44(41-55-58(52,53)56-42-45(48)43(3)49)40-54-46(50)38-36-34-32-30-28-26-24-19-17-15-13-11-9-7-5-2/h6,8,12,14,18,20,22-23,27,29,33,35,44-45H,4-5,7,9-11,13,15-17,19,21,24-26,28,30-32,34,36-42,48H2,1-3H3,(H,52,53). The van der Waals surface area contributed by atoms with E-state index in [1.54, 1.807) is 0 Å². The van der Waals surface area contributed by atoms with Crippen molar-refractivity contribution in [2.75, 3.05) is 19.8 Å². The number of esters is 2. The number of ketones is 1. The van der Waals surface area contributed by atoms with E-state index in [0.29, 0.717) is 12.8 Å². The van der Waals surface area contributed by atoms with E-state index in [-0.39, 0.29) is 19.4 Å². The van der Waals surface area contributed by atoms with Gasteiger partial charge in [0, 0.05) is 12.8 Å². The number of carbonyl (C=O) groups is 3. The first-order valence-electron chi connectivity index (χ1n) is 22.2. The second-order valence-electron chi connectivity index (χ2n) is 14.7. The highest BCUT2D eigenvalue weighted by Crippen LogP contribution is 2.43. The minimum atomic E-state index is -4.63. The lowest BCUT2D eigenvalue weighted by Gasteiger charge is -2.20. The van der Waals surface area contributed by atoms with Crippen LogP contribution in [-0.2, 0) is 37.5 Å². The van der Waals surface area contributed by atoms with Crippen molar-refractivity contribution in [3.63, 3.8) is 0 Å². The van der Waals surface area contributed by atoms with E-state index in [2.05, 4.69) is 74.6 Å². The summed E-state index contributed by atoms with van der Waals surface area (Å²) in [6, 6.07) is -1.09. The van der Waals surface area contributed by atoms with Gasteiger partial charge < -0.3 is 20.1 Å². The molecule has 0 heterocycles. The number of unbranched alkanes of at least 4 members (excludes halogenated alkanes) is 14. The molecule has 11 heteroatoms. The van der Waals surface area contributed by atoms with Crippen LogP contribution < -0.4 is 5.73 Å². The van der Waals surface area contributed by atoms with Crippen LogP contribution in [0.5, 0.6) is 0 Å². The Kier molecular flexibility index (Phi) is 38.8. The summed E-state index contributed by atoms with van der Waals surface area (Å²) in [5, 5.41) is 0. The molecular weight excluding hydrogens is 753 g/mol. The average molecular weight is 834 g/mol. The summed E-state index contributed by atoms with van der Waals surface area (Å²) in [6.45, 7) is 4.21. The van der Waals surface area contributed by atoms with E-state index in [4.69, 9.17) is 24.3 Å². The van der Waals surface area contributed by atoms with Crippen molar-refractivity contribution < 1.29 is 42.4 Å². The van der Waals surface area contributed by atoms with E-state index in [1.165, 1.54) is 77.6 Å². The molecule has 58 heavy (non-hydrogen) atoms. The van der Waals surface area contributed by atoms with Gasteiger partial charge in [0.1, 0.15) is 12.4 Å². The number of phosphoric ester groups is 1. The first kappa shape index (κ1) is 55.1. The van der Waals surface area contributed by atoms with Gasteiger partial charge in [-0.25, -0.2) is 4.57 Å². The maximum absolute atomic E-state index is 12.6. The number of carbonyl (C=O) groups excluding carboxylic acids is 3. The van der Waals surface area contributed by atoms with Crippen LogP contribution in [0.4, 0.5) is 0 Å². The molecular formula is C47H80NO9P. The lowest BCUT2D eigenvalue weighted by Crippen LogP contribution is -2.33. The normalized spacial score (nSPS) is 14.4. The molecule has 332 valence electrons. The maximum Gasteiger partial charge on any atom is 0.472 e. The van der Waals surface area contributed by atoms with Gasteiger partial charge in [-0.3, -0.25) is 23.4 Å². The van der Waals surface area contributed by atoms with Gasteiger partial charge in [-0.15, -0.1) is 0 Å². The van der Waals surface area contributed by atoms with Crippen LogP contribution in [0.3, 0.4) is 0 Å². The van der Waals surface area contributed by atoms with Crippen LogP contribution >= 0.6 is 7.82 Å². The highest BCUT2D eigenvalue weighted by Gasteiger charge is 2.27. The van der Waals surface area contributed by atoms with Crippen molar-refractivity contribution in [3.8, 4) is 0 Å². The summed E-state index contributed by atoms with van der Waals surface area (Å²) in [5.41, 5.74) is 5.58. The zero-order valence-electron chi connectivity index (χ0n) is 36.4. The minimum Gasteiger partial charge on any atom is -0.462 e. The third-order valence-corrected chi connectivity index (χ3v) is 10.1. The Morgan fingerprint density at radius 2 is 0.966 bits per heavy atom. The molecule has 0 fully saturated rings. The average Bonchev–Trinajstić information content (AvgIpc) is 3.20. The summed E-state index contributed by atoms with van der Waals surface area (Å²) in [7, 11) is -4.63. The second-order valence-corrected chi connectivity index (χ2v) is 16.2. The highest BCUT2D eigenvalue weighted by molar-refractivity contribution is 7.47. The number of allylic oxidation sites excluding steroid dienone is 12. The molecule has 0 aliphatic carbocycles. The van der Waals surface area contributed by atoms with Gasteiger partial charge in [-0.2, -0.15) is 0 Å². The quantitative estimate of drug-likeness (QED) is 0.0264. The summed E-state index contributed by atoms with van der Waals surface area (Å²) < 4.78 is 33.0. The molecule has 0 aliphatic rings. The van der Waals surface area contributed by atoms with Gasteiger partial charge >= 0.3 is 19.8 Å². The lowest BCUT2D eigenvalue weighted by molar-refractivity contribution is -0.161. The molecule has 0 aromatic heterocycles. The van der Waals surface area contributed by atoms with Crippen molar-refractivity contribution in [2.45, 2.75) is 187 Å². The highest BCUT2D eigenvalue weighted by atomic mass is 31.2. The summed E-state index contributed by atoms with van der Waals surface area (Å²) in [4.78, 5) is 46.5. The van der Waals surface area contributed by atoms with Crippen LogP contribution in [0.1, 0.15) is 175 Å². The molecule has 0 aromatic rings. The SMILES string of the molecule is CCC=CCC=CCC=CCC=CCC=CCC=CCCC(=O)OC(COC(=O)CCCCCCCCCCCCCCCCC)COP(=O)(O)OCC(N)C(C)=O.